The van der Waals surface area contributed by atoms with Crippen LogP contribution in [0.1, 0.15) is 17.5 Å². The lowest BCUT2D eigenvalue weighted by atomic mass is 10.1. The molecule has 0 radical (unpaired) electrons. The normalized spacial score (nSPS) is 13.9. The van der Waals surface area contributed by atoms with Crippen LogP contribution in [0.2, 0.25) is 0 Å². The van der Waals surface area contributed by atoms with E-state index >= 15 is 0 Å². The van der Waals surface area contributed by atoms with Crippen molar-refractivity contribution in [3.63, 3.8) is 0 Å². The Hall–Kier alpha value is -0.700. The molecule has 0 fully saturated rings. The molecule has 1 aromatic carbocycles. The Kier molecular flexibility index (Phi) is 2.68. The molecule has 0 spiro atoms. The van der Waals surface area contributed by atoms with E-state index in [0.717, 1.165) is 28.8 Å². The molecule has 0 heterocycles. The van der Waals surface area contributed by atoms with Crippen molar-refractivity contribution in [2.75, 3.05) is 14.2 Å². The quantitative estimate of drug-likeness (QED) is 0.810. The van der Waals surface area contributed by atoms with Crippen molar-refractivity contribution >= 4 is 15.9 Å². The van der Waals surface area contributed by atoms with E-state index in [2.05, 4.69) is 15.9 Å². The highest BCUT2D eigenvalue weighted by Gasteiger charge is 2.22. The summed E-state index contributed by atoms with van der Waals surface area (Å²) in [5.41, 5.74) is 2.62. The van der Waals surface area contributed by atoms with Gasteiger partial charge in [-0.25, -0.2) is 0 Å². The summed E-state index contributed by atoms with van der Waals surface area (Å²) in [6.45, 7) is 0. The van der Waals surface area contributed by atoms with Crippen LogP contribution in [0.25, 0.3) is 0 Å². The van der Waals surface area contributed by atoms with Crippen molar-refractivity contribution in [1.29, 1.82) is 0 Å². The Balaban J connectivity index is 2.61. The summed E-state index contributed by atoms with van der Waals surface area (Å²) < 4.78 is 11.7. The van der Waals surface area contributed by atoms with Crippen molar-refractivity contribution in [2.24, 2.45) is 0 Å². The smallest absolute Gasteiger partial charge is 0.136 e. The van der Waals surface area contributed by atoms with Gasteiger partial charge in [-0.05, 0) is 41.3 Å². The maximum absolute atomic E-state index is 5.38. The number of hydrogen-bond donors (Lipinski definition) is 0. The van der Waals surface area contributed by atoms with E-state index in [9.17, 15) is 0 Å². The number of benzene rings is 1. The first-order valence-corrected chi connectivity index (χ1v) is 5.49. The Morgan fingerprint density at radius 1 is 1.14 bits per heavy atom. The third kappa shape index (κ3) is 1.40. The highest BCUT2D eigenvalue weighted by molar-refractivity contribution is 9.10. The maximum atomic E-state index is 5.38. The molecule has 14 heavy (non-hydrogen) atoms. The number of methoxy groups -OCH3 is 2. The molecule has 0 N–H and O–H groups in total. The van der Waals surface area contributed by atoms with Crippen LogP contribution in [0.15, 0.2) is 10.5 Å². The van der Waals surface area contributed by atoms with E-state index < -0.39 is 0 Å². The molecule has 0 aromatic heterocycles. The molecular formula is C11H13BrO2. The van der Waals surface area contributed by atoms with Crippen LogP contribution >= 0.6 is 15.9 Å². The van der Waals surface area contributed by atoms with Crippen molar-refractivity contribution in [2.45, 2.75) is 19.3 Å². The molecule has 0 amide bonds. The maximum Gasteiger partial charge on any atom is 0.136 e. The number of fused-ring (bicyclic) bond motifs is 1. The molecule has 0 saturated carbocycles. The first-order valence-electron chi connectivity index (χ1n) is 4.70. The van der Waals surface area contributed by atoms with Gasteiger partial charge in [-0.1, -0.05) is 0 Å². The minimum Gasteiger partial charge on any atom is -0.496 e. The first kappa shape index (κ1) is 9.84. The van der Waals surface area contributed by atoms with Gasteiger partial charge in [0, 0.05) is 11.1 Å². The van der Waals surface area contributed by atoms with Crippen LogP contribution in [0.4, 0.5) is 0 Å². The topological polar surface area (TPSA) is 18.5 Å². The SMILES string of the molecule is COc1cc(Br)c(OC)c2c1CCC2. The molecule has 1 aliphatic rings. The lowest BCUT2D eigenvalue weighted by Gasteiger charge is -2.13. The van der Waals surface area contributed by atoms with Gasteiger partial charge in [0.2, 0.25) is 0 Å². The number of halogens is 1. The van der Waals surface area contributed by atoms with E-state index in [1.807, 2.05) is 6.07 Å². The summed E-state index contributed by atoms with van der Waals surface area (Å²) >= 11 is 3.50. The molecule has 1 aliphatic carbocycles. The van der Waals surface area contributed by atoms with Gasteiger partial charge in [-0.15, -0.1) is 0 Å². The summed E-state index contributed by atoms with van der Waals surface area (Å²) in [6.07, 6.45) is 3.38. The summed E-state index contributed by atoms with van der Waals surface area (Å²) in [5, 5.41) is 0. The van der Waals surface area contributed by atoms with E-state index in [4.69, 9.17) is 9.47 Å². The fourth-order valence-corrected chi connectivity index (χ4v) is 2.69. The van der Waals surface area contributed by atoms with Gasteiger partial charge in [0.15, 0.2) is 0 Å². The fourth-order valence-electron chi connectivity index (χ4n) is 2.08. The predicted octanol–water partition coefficient (Wildman–Crippen LogP) is 2.96. The summed E-state index contributed by atoms with van der Waals surface area (Å²) in [5.74, 6) is 1.95. The molecule has 0 atom stereocenters. The highest BCUT2D eigenvalue weighted by atomic mass is 79.9. The zero-order chi connectivity index (χ0) is 10.1. The van der Waals surface area contributed by atoms with Crippen molar-refractivity contribution in [3.8, 4) is 11.5 Å². The lowest BCUT2D eigenvalue weighted by molar-refractivity contribution is 0.395. The van der Waals surface area contributed by atoms with Crippen molar-refractivity contribution in [3.05, 3.63) is 21.7 Å². The Morgan fingerprint density at radius 3 is 2.50 bits per heavy atom. The number of rotatable bonds is 2. The van der Waals surface area contributed by atoms with Gasteiger partial charge in [-0.2, -0.15) is 0 Å². The molecule has 2 rings (SSSR count). The zero-order valence-corrected chi connectivity index (χ0v) is 9.98. The van der Waals surface area contributed by atoms with Gasteiger partial charge in [0.25, 0.3) is 0 Å². The van der Waals surface area contributed by atoms with Gasteiger partial charge in [0.05, 0.1) is 18.7 Å². The van der Waals surface area contributed by atoms with E-state index in [-0.39, 0.29) is 0 Å². The van der Waals surface area contributed by atoms with Gasteiger partial charge < -0.3 is 9.47 Å². The fraction of sp³-hybridized carbons (Fsp3) is 0.455. The van der Waals surface area contributed by atoms with Gasteiger partial charge in [-0.3, -0.25) is 0 Å². The minimum atomic E-state index is 0.971. The molecule has 2 nitrogen and oxygen atoms in total. The Labute approximate surface area is 92.3 Å². The third-order valence-corrected chi connectivity index (χ3v) is 3.28. The van der Waals surface area contributed by atoms with Crippen LogP contribution < -0.4 is 9.47 Å². The Morgan fingerprint density at radius 2 is 1.86 bits per heavy atom. The van der Waals surface area contributed by atoms with Crippen molar-refractivity contribution in [1.82, 2.24) is 0 Å². The molecule has 1 aromatic rings. The standard InChI is InChI=1S/C11H13BrO2/c1-13-10-6-9(12)11(14-2)8-5-3-4-7(8)10/h6H,3-5H2,1-2H3. The molecular weight excluding hydrogens is 244 g/mol. The van der Waals surface area contributed by atoms with Gasteiger partial charge >= 0.3 is 0 Å². The molecule has 0 saturated heterocycles. The summed E-state index contributed by atoms with van der Waals surface area (Å²) in [4.78, 5) is 0. The Bertz CT molecular complexity index is 361. The van der Waals surface area contributed by atoms with Gasteiger partial charge in [0.1, 0.15) is 11.5 Å². The van der Waals surface area contributed by atoms with Crippen molar-refractivity contribution < 1.29 is 9.47 Å². The highest BCUT2D eigenvalue weighted by Crippen LogP contribution is 2.42. The largest absolute Gasteiger partial charge is 0.496 e. The van der Waals surface area contributed by atoms with Crippen LogP contribution in [0, 0.1) is 0 Å². The molecule has 0 unspecified atom stereocenters. The van der Waals surface area contributed by atoms with E-state index in [0.29, 0.717) is 0 Å². The van der Waals surface area contributed by atoms with E-state index in [1.54, 1.807) is 14.2 Å². The first-order chi connectivity index (χ1) is 6.77. The average Bonchev–Trinajstić information content (AvgIpc) is 2.65. The second kappa shape index (κ2) is 3.81. The summed E-state index contributed by atoms with van der Waals surface area (Å²) in [6, 6.07) is 1.99. The van der Waals surface area contributed by atoms with E-state index in [1.165, 1.54) is 17.5 Å². The lowest BCUT2D eigenvalue weighted by Crippen LogP contribution is -1.96. The summed E-state index contributed by atoms with van der Waals surface area (Å²) in [7, 11) is 3.43. The van der Waals surface area contributed by atoms with Crippen LogP contribution in [-0.4, -0.2) is 14.2 Å². The zero-order valence-electron chi connectivity index (χ0n) is 8.39. The average molecular weight is 257 g/mol. The monoisotopic (exact) mass is 256 g/mol. The number of hydrogen-bond acceptors (Lipinski definition) is 2. The second-order valence-electron chi connectivity index (χ2n) is 3.40. The van der Waals surface area contributed by atoms with Crippen LogP contribution in [0.5, 0.6) is 11.5 Å². The molecule has 0 bridgehead atoms. The number of ether oxygens (including phenoxy) is 2. The molecule has 0 aliphatic heterocycles. The molecule has 3 heteroatoms. The second-order valence-corrected chi connectivity index (χ2v) is 4.26. The minimum absolute atomic E-state index is 0.971. The molecule has 76 valence electrons. The third-order valence-electron chi connectivity index (χ3n) is 2.69. The predicted molar refractivity (Wildman–Crippen MR) is 59.3 cm³/mol. The van der Waals surface area contributed by atoms with Crippen LogP contribution in [-0.2, 0) is 12.8 Å². The van der Waals surface area contributed by atoms with Crippen LogP contribution in [0.3, 0.4) is 0 Å².